The van der Waals surface area contributed by atoms with E-state index in [4.69, 9.17) is 0 Å². The molecule has 2 heterocycles. The maximum absolute atomic E-state index is 4.23. The van der Waals surface area contributed by atoms with Crippen LogP contribution in [0.3, 0.4) is 0 Å². The van der Waals surface area contributed by atoms with Crippen LogP contribution in [0.4, 0.5) is 0 Å². The Balaban J connectivity index is 1.62. The molecule has 28 heavy (non-hydrogen) atoms. The Morgan fingerprint density at radius 2 is 1.46 bits per heavy atom. The summed E-state index contributed by atoms with van der Waals surface area (Å²) in [5.74, 6) is 1.26. The molecule has 0 amide bonds. The molecule has 0 unspecified atom stereocenters. The van der Waals surface area contributed by atoms with Crippen LogP contribution in [0.25, 0.3) is 6.08 Å². The molecule has 5 rings (SSSR count). The third kappa shape index (κ3) is 2.73. The number of pyridine rings is 2. The molecule has 1 fully saturated rings. The monoisotopic (exact) mass is 362 g/mol. The minimum absolute atomic E-state index is 0.0205. The molecule has 1 aromatic carbocycles. The molecule has 1 saturated carbocycles. The summed E-state index contributed by atoms with van der Waals surface area (Å²) in [6.07, 6.45) is 21.3. The van der Waals surface area contributed by atoms with E-state index in [9.17, 15) is 0 Å². The number of nitrogens with zero attached hydrogens (tertiary/aromatic N) is 2. The third-order valence-corrected chi connectivity index (χ3v) is 6.20. The number of hydrogen-bond donors (Lipinski definition) is 0. The highest BCUT2D eigenvalue weighted by Crippen LogP contribution is 2.68. The molecule has 0 radical (unpaired) electrons. The Morgan fingerprint density at radius 3 is 2.21 bits per heavy atom. The lowest BCUT2D eigenvalue weighted by Crippen LogP contribution is -2.51. The van der Waals surface area contributed by atoms with Gasteiger partial charge in [0, 0.05) is 36.1 Å². The first-order valence-corrected chi connectivity index (χ1v) is 9.79. The molecule has 2 aliphatic carbocycles. The zero-order valence-corrected chi connectivity index (χ0v) is 15.6. The summed E-state index contributed by atoms with van der Waals surface area (Å²) in [5.41, 5.74) is 3.92. The van der Waals surface area contributed by atoms with Crippen LogP contribution in [0.5, 0.6) is 0 Å². The van der Waals surface area contributed by atoms with Crippen molar-refractivity contribution in [2.75, 3.05) is 0 Å². The van der Waals surface area contributed by atoms with E-state index in [1.165, 1.54) is 16.7 Å². The predicted molar refractivity (Wildman–Crippen MR) is 114 cm³/mol. The van der Waals surface area contributed by atoms with Gasteiger partial charge < -0.3 is 0 Å². The second-order valence-electron chi connectivity index (χ2n) is 7.58. The van der Waals surface area contributed by atoms with Gasteiger partial charge in [0.2, 0.25) is 0 Å². The summed E-state index contributed by atoms with van der Waals surface area (Å²) >= 11 is 0. The molecule has 3 aromatic rings. The van der Waals surface area contributed by atoms with Crippen molar-refractivity contribution in [3.8, 4) is 0 Å². The number of allylic oxidation sites excluding steroid dienone is 5. The lowest BCUT2D eigenvalue weighted by Gasteiger charge is -2.60. The molecule has 0 saturated heterocycles. The van der Waals surface area contributed by atoms with Gasteiger partial charge >= 0.3 is 0 Å². The minimum atomic E-state index is -0.0205. The van der Waals surface area contributed by atoms with Crippen LogP contribution in [0, 0.1) is 11.3 Å². The highest BCUT2D eigenvalue weighted by atomic mass is 14.6. The van der Waals surface area contributed by atoms with Crippen molar-refractivity contribution >= 4 is 6.08 Å². The van der Waals surface area contributed by atoms with E-state index in [0.29, 0.717) is 17.8 Å². The van der Waals surface area contributed by atoms with Gasteiger partial charge in [-0.1, -0.05) is 66.8 Å². The normalized spacial score (nSPS) is 28.1. The number of hydrogen-bond acceptors (Lipinski definition) is 2. The van der Waals surface area contributed by atoms with Crippen molar-refractivity contribution < 1.29 is 0 Å². The fourth-order valence-electron chi connectivity index (χ4n) is 4.95. The standard InChI is InChI=1S/C26H22N2/c1-2-6-22(7-3-1)25-24(21-12-18-28-19-13-21)23-8-4-5-14-26(23,25)15-9-20-10-16-27-17-11-20/h1-19,23-25H/b15-9+/t23-,24+,25-,26+/m0/s1. The summed E-state index contributed by atoms with van der Waals surface area (Å²) in [7, 11) is 0. The average Bonchev–Trinajstić information content (AvgIpc) is 2.76. The fourth-order valence-corrected chi connectivity index (χ4v) is 4.95. The number of benzene rings is 1. The van der Waals surface area contributed by atoms with Gasteiger partial charge in [-0.3, -0.25) is 9.97 Å². The van der Waals surface area contributed by atoms with Crippen molar-refractivity contribution in [2.45, 2.75) is 11.8 Å². The summed E-state index contributed by atoms with van der Waals surface area (Å²) < 4.78 is 0. The third-order valence-electron chi connectivity index (χ3n) is 6.20. The molecular weight excluding hydrogens is 340 g/mol. The molecule has 2 aliphatic rings. The highest BCUT2D eigenvalue weighted by Gasteiger charge is 2.59. The molecule has 0 N–H and O–H groups in total. The topological polar surface area (TPSA) is 25.8 Å². The van der Waals surface area contributed by atoms with Gasteiger partial charge in [-0.2, -0.15) is 0 Å². The molecule has 0 bridgehead atoms. The SMILES string of the molecule is C1=C[C@H]2[C@@H](c3ccncc3)[C@H](c3ccccc3)[C@@]2(/C=C/c2ccncc2)C=C1. The Labute approximate surface area is 166 Å². The minimum Gasteiger partial charge on any atom is -0.265 e. The first kappa shape index (κ1) is 16.9. The van der Waals surface area contributed by atoms with E-state index >= 15 is 0 Å². The van der Waals surface area contributed by atoms with Gasteiger partial charge in [-0.25, -0.2) is 0 Å². The molecular formula is C26H22N2. The summed E-state index contributed by atoms with van der Waals surface area (Å²) in [6.45, 7) is 0. The Hall–Kier alpha value is -3.26. The average molecular weight is 362 g/mol. The van der Waals surface area contributed by atoms with Crippen LogP contribution in [0.1, 0.15) is 28.5 Å². The van der Waals surface area contributed by atoms with Crippen LogP contribution >= 0.6 is 0 Å². The van der Waals surface area contributed by atoms with Gasteiger partial charge in [-0.15, -0.1) is 0 Å². The molecule has 0 spiro atoms. The zero-order valence-electron chi connectivity index (χ0n) is 15.6. The van der Waals surface area contributed by atoms with Crippen LogP contribution in [-0.2, 0) is 0 Å². The number of fused-ring (bicyclic) bond motifs is 1. The first-order chi connectivity index (χ1) is 13.9. The maximum atomic E-state index is 4.23. The number of aromatic nitrogens is 2. The second kappa shape index (κ2) is 7.05. The molecule has 4 atom stereocenters. The van der Waals surface area contributed by atoms with Crippen LogP contribution in [-0.4, -0.2) is 9.97 Å². The summed E-state index contributed by atoms with van der Waals surface area (Å²) in [6, 6.07) is 19.4. The van der Waals surface area contributed by atoms with Gasteiger partial charge in [0.15, 0.2) is 0 Å². The van der Waals surface area contributed by atoms with E-state index < -0.39 is 0 Å². The second-order valence-corrected chi connectivity index (χ2v) is 7.58. The largest absolute Gasteiger partial charge is 0.265 e. The first-order valence-electron chi connectivity index (χ1n) is 9.79. The summed E-state index contributed by atoms with van der Waals surface area (Å²) in [5, 5.41) is 0. The molecule has 2 nitrogen and oxygen atoms in total. The maximum Gasteiger partial charge on any atom is 0.0273 e. The number of rotatable bonds is 4. The van der Waals surface area contributed by atoms with Crippen molar-refractivity contribution in [3.63, 3.8) is 0 Å². The van der Waals surface area contributed by atoms with Crippen molar-refractivity contribution in [3.05, 3.63) is 126 Å². The lowest BCUT2D eigenvalue weighted by atomic mass is 9.42. The van der Waals surface area contributed by atoms with Crippen LogP contribution in [0.15, 0.2) is 110 Å². The molecule has 2 heteroatoms. The van der Waals surface area contributed by atoms with Crippen LogP contribution in [0.2, 0.25) is 0 Å². The predicted octanol–water partition coefficient (Wildman–Crippen LogP) is 5.80. The smallest absolute Gasteiger partial charge is 0.0273 e. The fraction of sp³-hybridized carbons (Fsp3) is 0.154. The van der Waals surface area contributed by atoms with E-state index in [1.54, 1.807) is 0 Å². The Bertz CT molecular complexity index is 1020. The highest BCUT2D eigenvalue weighted by molar-refractivity contribution is 5.56. The Kier molecular flexibility index (Phi) is 4.25. The molecule has 0 aliphatic heterocycles. The van der Waals surface area contributed by atoms with Crippen LogP contribution < -0.4 is 0 Å². The van der Waals surface area contributed by atoms with Gasteiger partial charge in [0.25, 0.3) is 0 Å². The van der Waals surface area contributed by atoms with Gasteiger partial charge in [0.05, 0.1) is 0 Å². The molecule has 2 aromatic heterocycles. The zero-order chi connectivity index (χ0) is 18.8. The van der Waals surface area contributed by atoms with E-state index in [-0.39, 0.29) is 5.41 Å². The Morgan fingerprint density at radius 1 is 0.750 bits per heavy atom. The van der Waals surface area contributed by atoms with Gasteiger partial charge in [-0.05, 0) is 52.8 Å². The van der Waals surface area contributed by atoms with E-state index in [0.717, 1.165) is 0 Å². The summed E-state index contributed by atoms with van der Waals surface area (Å²) in [4.78, 5) is 8.37. The van der Waals surface area contributed by atoms with E-state index in [2.05, 4.69) is 101 Å². The van der Waals surface area contributed by atoms with Gasteiger partial charge in [0.1, 0.15) is 0 Å². The van der Waals surface area contributed by atoms with Crippen molar-refractivity contribution in [1.29, 1.82) is 0 Å². The van der Waals surface area contributed by atoms with E-state index in [1.807, 2.05) is 24.8 Å². The lowest BCUT2D eigenvalue weighted by molar-refractivity contribution is 0.0947. The van der Waals surface area contributed by atoms with Crippen molar-refractivity contribution in [1.82, 2.24) is 9.97 Å². The molecule has 136 valence electrons. The van der Waals surface area contributed by atoms with Crippen molar-refractivity contribution in [2.24, 2.45) is 11.3 Å². The quantitative estimate of drug-likeness (QED) is 0.586.